The Morgan fingerprint density at radius 3 is 2.87 bits per heavy atom. The van der Waals surface area contributed by atoms with Crippen LogP contribution in [0.4, 0.5) is 11.4 Å². The minimum atomic E-state index is -0.177. The Labute approximate surface area is 137 Å². The first-order valence-corrected chi connectivity index (χ1v) is 8.51. The maximum Gasteiger partial charge on any atom is 0.242 e. The number of anilines is 2. The quantitative estimate of drug-likeness (QED) is 0.768. The Kier molecular flexibility index (Phi) is 5.48. The van der Waals surface area contributed by atoms with Crippen LogP contribution in [0.25, 0.3) is 0 Å². The van der Waals surface area contributed by atoms with E-state index < -0.39 is 0 Å². The number of amides is 1. The van der Waals surface area contributed by atoms with Gasteiger partial charge in [-0.15, -0.1) is 0 Å². The molecule has 1 aromatic carbocycles. The zero-order chi connectivity index (χ0) is 16.1. The number of nitrogens with one attached hydrogen (secondary N) is 3. The zero-order valence-electron chi connectivity index (χ0n) is 13.7. The molecule has 2 aliphatic heterocycles. The third-order valence-corrected chi connectivity index (χ3v) is 4.45. The molecule has 2 saturated heterocycles. The molecule has 1 amide bonds. The van der Waals surface area contributed by atoms with E-state index in [1.54, 1.807) is 0 Å². The summed E-state index contributed by atoms with van der Waals surface area (Å²) in [6, 6.07) is 8.19. The number of para-hydroxylation sites is 2. The summed E-state index contributed by atoms with van der Waals surface area (Å²) >= 11 is 0. The van der Waals surface area contributed by atoms with E-state index in [-0.39, 0.29) is 11.9 Å². The van der Waals surface area contributed by atoms with Crippen molar-refractivity contribution in [1.29, 1.82) is 0 Å². The van der Waals surface area contributed by atoms with Gasteiger partial charge in [-0.05, 0) is 25.0 Å². The number of hydrazine groups is 1. The summed E-state index contributed by atoms with van der Waals surface area (Å²) in [5.74, 6) is 0.0248. The second-order valence-electron chi connectivity index (χ2n) is 6.17. The fourth-order valence-corrected chi connectivity index (χ4v) is 3.21. The lowest BCUT2D eigenvalue weighted by molar-refractivity contribution is -0.117. The predicted molar refractivity (Wildman–Crippen MR) is 91.5 cm³/mol. The van der Waals surface area contributed by atoms with Crippen LogP contribution in [0, 0.1) is 0 Å². The number of rotatable bonds is 5. The van der Waals surface area contributed by atoms with Crippen molar-refractivity contribution in [3.05, 3.63) is 24.3 Å². The molecule has 0 aromatic heterocycles. The van der Waals surface area contributed by atoms with Crippen molar-refractivity contribution in [3.8, 4) is 0 Å². The molecule has 2 heterocycles. The molecule has 126 valence electrons. The molecule has 2 aliphatic rings. The van der Waals surface area contributed by atoms with Crippen molar-refractivity contribution in [2.45, 2.75) is 38.3 Å². The summed E-state index contributed by atoms with van der Waals surface area (Å²) in [4.78, 5) is 14.8. The Hall–Kier alpha value is -1.63. The summed E-state index contributed by atoms with van der Waals surface area (Å²) in [6.45, 7) is 5.33. The van der Waals surface area contributed by atoms with E-state index in [4.69, 9.17) is 4.74 Å². The molecule has 0 saturated carbocycles. The van der Waals surface area contributed by atoms with Gasteiger partial charge in [0.15, 0.2) is 0 Å². The van der Waals surface area contributed by atoms with Gasteiger partial charge in [-0.3, -0.25) is 10.2 Å². The number of benzene rings is 1. The molecule has 0 spiro atoms. The molecule has 3 rings (SSSR count). The van der Waals surface area contributed by atoms with E-state index in [0.717, 1.165) is 56.9 Å². The minimum Gasteiger partial charge on any atom is -0.378 e. The molecule has 0 radical (unpaired) electrons. The van der Waals surface area contributed by atoms with Gasteiger partial charge in [0.25, 0.3) is 0 Å². The van der Waals surface area contributed by atoms with Crippen LogP contribution in [0.15, 0.2) is 24.3 Å². The zero-order valence-corrected chi connectivity index (χ0v) is 13.7. The average molecular weight is 318 g/mol. The summed E-state index contributed by atoms with van der Waals surface area (Å²) in [5, 5.41) is 3.09. The highest BCUT2D eigenvalue weighted by atomic mass is 16.5. The average Bonchev–Trinajstić information content (AvgIpc) is 3.05. The molecule has 2 atom stereocenters. The Morgan fingerprint density at radius 2 is 2.09 bits per heavy atom. The van der Waals surface area contributed by atoms with Crippen LogP contribution in [-0.4, -0.2) is 44.3 Å². The van der Waals surface area contributed by atoms with Crippen LogP contribution in [0.1, 0.15) is 26.2 Å². The molecule has 2 unspecified atom stereocenters. The first-order chi connectivity index (χ1) is 11.3. The number of nitrogens with zero attached hydrogens (tertiary/aromatic N) is 1. The lowest BCUT2D eigenvalue weighted by Gasteiger charge is -2.30. The van der Waals surface area contributed by atoms with E-state index in [1.165, 1.54) is 0 Å². The highest BCUT2D eigenvalue weighted by Crippen LogP contribution is 2.26. The van der Waals surface area contributed by atoms with Gasteiger partial charge in [0.1, 0.15) is 6.04 Å². The lowest BCUT2D eigenvalue weighted by Crippen LogP contribution is -2.41. The van der Waals surface area contributed by atoms with Crippen LogP contribution in [0.5, 0.6) is 0 Å². The summed E-state index contributed by atoms with van der Waals surface area (Å²) < 4.78 is 5.41. The second-order valence-corrected chi connectivity index (χ2v) is 6.17. The van der Waals surface area contributed by atoms with Gasteiger partial charge >= 0.3 is 0 Å². The molecule has 6 heteroatoms. The first-order valence-electron chi connectivity index (χ1n) is 8.51. The molecule has 23 heavy (non-hydrogen) atoms. The lowest BCUT2D eigenvalue weighted by atomic mass is 10.1. The van der Waals surface area contributed by atoms with Crippen molar-refractivity contribution >= 4 is 17.3 Å². The molecule has 6 nitrogen and oxygen atoms in total. The summed E-state index contributed by atoms with van der Waals surface area (Å²) in [5.41, 5.74) is 8.27. The number of carbonyl (C=O) groups excluding carboxylic acids is 1. The number of hydrogen-bond acceptors (Lipinski definition) is 5. The largest absolute Gasteiger partial charge is 0.378 e. The van der Waals surface area contributed by atoms with Crippen LogP contribution in [0.3, 0.4) is 0 Å². The maximum atomic E-state index is 12.5. The normalized spacial score (nSPS) is 24.7. The molecule has 0 aliphatic carbocycles. The summed E-state index contributed by atoms with van der Waals surface area (Å²) in [7, 11) is 0. The van der Waals surface area contributed by atoms with E-state index in [2.05, 4.69) is 34.1 Å². The van der Waals surface area contributed by atoms with Gasteiger partial charge in [-0.2, -0.15) is 0 Å². The molecule has 3 N–H and O–H groups in total. The van der Waals surface area contributed by atoms with E-state index in [0.29, 0.717) is 6.04 Å². The number of carbonyl (C=O) groups is 1. The topological polar surface area (TPSA) is 65.6 Å². The van der Waals surface area contributed by atoms with Crippen molar-refractivity contribution in [2.75, 3.05) is 36.5 Å². The van der Waals surface area contributed by atoms with Gasteiger partial charge in [-0.25, -0.2) is 5.43 Å². The smallest absolute Gasteiger partial charge is 0.242 e. The van der Waals surface area contributed by atoms with Crippen molar-refractivity contribution in [3.63, 3.8) is 0 Å². The highest BCUT2D eigenvalue weighted by Gasteiger charge is 2.29. The molecular formula is C17H26N4O2. The maximum absolute atomic E-state index is 12.5. The molecule has 0 bridgehead atoms. The van der Waals surface area contributed by atoms with Gasteiger partial charge in [-0.1, -0.05) is 25.5 Å². The van der Waals surface area contributed by atoms with E-state index in [1.807, 2.05) is 18.2 Å². The second kappa shape index (κ2) is 7.77. The van der Waals surface area contributed by atoms with E-state index in [9.17, 15) is 4.79 Å². The van der Waals surface area contributed by atoms with Crippen molar-refractivity contribution in [2.24, 2.45) is 0 Å². The van der Waals surface area contributed by atoms with Crippen LogP contribution < -0.4 is 21.1 Å². The Morgan fingerprint density at radius 1 is 1.30 bits per heavy atom. The van der Waals surface area contributed by atoms with Gasteiger partial charge in [0.2, 0.25) is 5.91 Å². The standard InChI is InChI=1S/C17H26N4O2/c1-2-5-13-12-15(20-19-13)17(22)18-14-6-3-4-7-16(14)21-8-10-23-11-9-21/h3-4,6-7,13,15,19-20H,2,5,8-12H2,1H3,(H,18,22). The Balaban J connectivity index is 1.64. The summed E-state index contributed by atoms with van der Waals surface area (Å²) in [6.07, 6.45) is 3.04. The monoisotopic (exact) mass is 318 g/mol. The number of ether oxygens (including phenoxy) is 1. The molecule has 2 fully saturated rings. The molecule has 1 aromatic rings. The van der Waals surface area contributed by atoms with E-state index >= 15 is 0 Å². The fourth-order valence-electron chi connectivity index (χ4n) is 3.21. The predicted octanol–water partition coefficient (Wildman–Crippen LogP) is 1.50. The fraction of sp³-hybridized carbons (Fsp3) is 0.588. The highest BCUT2D eigenvalue weighted by molar-refractivity contribution is 5.97. The van der Waals surface area contributed by atoms with Crippen LogP contribution in [0.2, 0.25) is 0 Å². The first kappa shape index (κ1) is 16.2. The Bertz CT molecular complexity index is 531. The molecular weight excluding hydrogens is 292 g/mol. The number of morpholine rings is 1. The van der Waals surface area contributed by atoms with Crippen LogP contribution >= 0.6 is 0 Å². The van der Waals surface area contributed by atoms with Crippen molar-refractivity contribution in [1.82, 2.24) is 10.9 Å². The van der Waals surface area contributed by atoms with Gasteiger partial charge < -0.3 is 15.0 Å². The van der Waals surface area contributed by atoms with Gasteiger partial charge in [0, 0.05) is 19.1 Å². The van der Waals surface area contributed by atoms with Crippen molar-refractivity contribution < 1.29 is 9.53 Å². The third kappa shape index (κ3) is 4.02. The van der Waals surface area contributed by atoms with Gasteiger partial charge in [0.05, 0.1) is 24.6 Å². The minimum absolute atomic E-state index is 0.0248. The number of hydrogen-bond donors (Lipinski definition) is 3. The SMILES string of the molecule is CCCC1CC(C(=O)Nc2ccccc2N2CCOCC2)NN1. The third-order valence-electron chi connectivity index (χ3n) is 4.45. The van der Waals surface area contributed by atoms with Crippen LogP contribution in [-0.2, 0) is 9.53 Å².